The minimum atomic E-state index is -0.448. The Morgan fingerprint density at radius 1 is 1.41 bits per heavy atom. The summed E-state index contributed by atoms with van der Waals surface area (Å²) in [6.07, 6.45) is 4.85. The van der Waals surface area contributed by atoms with Gasteiger partial charge in [-0.2, -0.15) is 0 Å². The van der Waals surface area contributed by atoms with Crippen LogP contribution in [0.25, 0.3) is 0 Å². The molecule has 0 unspecified atom stereocenters. The van der Waals surface area contributed by atoms with Crippen LogP contribution in [0.3, 0.4) is 0 Å². The van der Waals surface area contributed by atoms with Gasteiger partial charge < -0.3 is 4.74 Å². The zero-order valence-corrected chi connectivity index (χ0v) is 10.0. The van der Waals surface area contributed by atoms with Crippen molar-refractivity contribution in [1.29, 1.82) is 0 Å². The van der Waals surface area contributed by atoms with Crippen LogP contribution in [0.4, 0.5) is 4.39 Å². The highest BCUT2D eigenvalue weighted by Crippen LogP contribution is 2.26. The van der Waals surface area contributed by atoms with Crippen LogP contribution in [0.2, 0.25) is 0 Å². The SMILES string of the molecule is CC(=O)c1ccc(OCC2CCCC2)c(F)c1. The van der Waals surface area contributed by atoms with E-state index in [0.717, 1.165) is 0 Å². The van der Waals surface area contributed by atoms with E-state index in [4.69, 9.17) is 4.74 Å². The molecule has 0 aromatic heterocycles. The topological polar surface area (TPSA) is 26.3 Å². The normalized spacial score (nSPS) is 16.1. The number of hydrogen-bond acceptors (Lipinski definition) is 2. The van der Waals surface area contributed by atoms with Crippen LogP contribution in [-0.4, -0.2) is 12.4 Å². The number of ether oxygens (including phenoxy) is 1. The van der Waals surface area contributed by atoms with Crippen molar-refractivity contribution in [2.24, 2.45) is 5.92 Å². The van der Waals surface area contributed by atoms with Gasteiger partial charge in [-0.05, 0) is 43.9 Å². The Kier molecular flexibility index (Phi) is 3.77. The van der Waals surface area contributed by atoms with E-state index >= 15 is 0 Å². The molecule has 1 aliphatic carbocycles. The van der Waals surface area contributed by atoms with E-state index in [0.29, 0.717) is 18.1 Å². The van der Waals surface area contributed by atoms with E-state index in [-0.39, 0.29) is 11.5 Å². The molecule has 17 heavy (non-hydrogen) atoms. The molecule has 3 heteroatoms. The highest BCUT2D eigenvalue weighted by Gasteiger charge is 2.16. The van der Waals surface area contributed by atoms with Crippen LogP contribution >= 0.6 is 0 Å². The third-order valence-corrected chi connectivity index (χ3v) is 3.29. The fourth-order valence-corrected chi connectivity index (χ4v) is 2.22. The third-order valence-electron chi connectivity index (χ3n) is 3.29. The largest absolute Gasteiger partial charge is 0.490 e. The number of carbonyl (C=O) groups is 1. The van der Waals surface area contributed by atoms with Gasteiger partial charge in [-0.1, -0.05) is 12.8 Å². The second kappa shape index (κ2) is 5.30. The van der Waals surface area contributed by atoms with Gasteiger partial charge in [0.25, 0.3) is 0 Å². The zero-order valence-electron chi connectivity index (χ0n) is 10.0. The molecule has 0 atom stereocenters. The number of benzene rings is 1. The predicted octanol–water partition coefficient (Wildman–Crippen LogP) is 3.60. The van der Waals surface area contributed by atoms with Gasteiger partial charge in [-0.25, -0.2) is 4.39 Å². The summed E-state index contributed by atoms with van der Waals surface area (Å²) in [6, 6.07) is 4.39. The van der Waals surface area contributed by atoms with Crippen LogP contribution in [0.5, 0.6) is 5.75 Å². The van der Waals surface area contributed by atoms with E-state index in [9.17, 15) is 9.18 Å². The summed E-state index contributed by atoms with van der Waals surface area (Å²) in [5.74, 6) is 0.228. The third kappa shape index (κ3) is 3.05. The number of rotatable bonds is 4. The summed E-state index contributed by atoms with van der Waals surface area (Å²) in [4.78, 5) is 11.1. The molecule has 1 saturated carbocycles. The molecule has 0 spiro atoms. The van der Waals surface area contributed by atoms with E-state index in [2.05, 4.69) is 0 Å². The number of ketones is 1. The maximum atomic E-state index is 13.6. The lowest BCUT2D eigenvalue weighted by Gasteiger charge is -2.12. The van der Waals surface area contributed by atoms with Crippen LogP contribution < -0.4 is 4.74 Å². The van der Waals surface area contributed by atoms with Gasteiger partial charge in [0.2, 0.25) is 0 Å². The maximum Gasteiger partial charge on any atom is 0.165 e. The highest BCUT2D eigenvalue weighted by molar-refractivity contribution is 5.94. The van der Waals surface area contributed by atoms with Gasteiger partial charge in [-0.15, -0.1) is 0 Å². The molecule has 0 saturated heterocycles. The zero-order chi connectivity index (χ0) is 12.3. The molecule has 1 aromatic rings. The first-order valence-electron chi connectivity index (χ1n) is 6.10. The van der Waals surface area contributed by atoms with Crippen molar-refractivity contribution in [2.75, 3.05) is 6.61 Å². The number of carbonyl (C=O) groups excluding carboxylic acids is 1. The summed E-state index contributed by atoms with van der Waals surface area (Å²) < 4.78 is 19.1. The molecule has 0 radical (unpaired) electrons. The van der Waals surface area contributed by atoms with E-state index in [1.54, 1.807) is 12.1 Å². The summed E-state index contributed by atoms with van der Waals surface area (Å²) in [7, 11) is 0. The van der Waals surface area contributed by atoms with Crippen molar-refractivity contribution in [3.63, 3.8) is 0 Å². The molecule has 2 rings (SSSR count). The van der Waals surface area contributed by atoms with Gasteiger partial charge in [0.1, 0.15) is 0 Å². The van der Waals surface area contributed by atoms with Crippen molar-refractivity contribution >= 4 is 5.78 Å². The minimum Gasteiger partial charge on any atom is -0.490 e. The van der Waals surface area contributed by atoms with Gasteiger partial charge in [0.15, 0.2) is 17.3 Å². The first-order chi connectivity index (χ1) is 8.16. The van der Waals surface area contributed by atoms with E-state index < -0.39 is 5.82 Å². The van der Waals surface area contributed by atoms with E-state index in [1.807, 2.05) is 0 Å². The lowest BCUT2D eigenvalue weighted by Crippen LogP contribution is -2.09. The Hall–Kier alpha value is -1.38. The fraction of sp³-hybridized carbons (Fsp3) is 0.500. The molecule has 0 amide bonds. The molecule has 0 N–H and O–H groups in total. The molecule has 1 aromatic carbocycles. The smallest absolute Gasteiger partial charge is 0.165 e. The van der Waals surface area contributed by atoms with Crippen molar-refractivity contribution < 1.29 is 13.9 Å². The van der Waals surface area contributed by atoms with Crippen LogP contribution in [0, 0.1) is 11.7 Å². The van der Waals surface area contributed by atoms with Crippen molar-refractivity contribution in [2.45, 2.75) is 32.6 Å². The first kappa shape index (κ1) is 12.1. The summed E-state index contributed by atoms with van der Waals surface area (Å²) in [6.45, 7) is 2.00. The van der Waals surface area contributed by atoms with Gasteiger partial charge in [-0.3, -0.25) is 4.79 Å². The molecule has 1 aliphatic rings. The average Bonchev–Trinajstić information content (AvgIpc) is 2.80. The highest BCUT2D eigenvalue weighted by atomic mass is 19.1. The molecule has 0 bridgehead atoms. The first-order valence-corrected chi connectivity index (χ1v) is 6.10. The molecule has 0 aliphatic heterocycles. The maximum absolute atomic E-state index is 13.6. The fourth-order valence-electron chi connectivity index (χ4n) is 2.22. The lowest BCUT2D eigenvalue weighted by atomic mass is 10.1. The average molecular weight is 236 g/mol. The van der Waals surface area contributed by atoms with Crippen molar-refractivity contribution in [1.82, 2.24) is 0 Å². The molecule has 1 fully saturated rings. The Morgan fingerprint density at radius 2 is 2.12 bits per heavy atom. The molecule has 0 heterocycles. The summed E-state index contributed by atoms with van der Waals surface area (Å²) in [5, 5.41) is 0. The quantitative estimate of drug-likeness (QED) is 0.747. The lowest BCUT2D eigenvalue weighted by molar-refractivity contribution is 0.101. The second-order valence-corrected chi connectivity index (χ2v) is 4.66. The van der Waals surface area contributed by atoms with Gasteiger partial charge >= 0.3 is 0 Å². The Labute approximate surface area is 101 Å². The summed E-state index contributed by atoms with van der Waals surface area (Å²) >= 11 is 0. The standard InChI is InChI=1S/C14H17FO2/c1-10(16)12-6-7-14(13(15)8-12)17-9-11-4-2-3-5-11/h6-8,11H,2-5,9H2,1H3. The van der Waals surface area contributed by atoms with Crippen molar-refractivity contribution in [3.8, 4) is 5.75 Å². The van der Waals surface area contributed by atoms with E-state index in [1.165, 1.54) is 38.7 Å². The minimum absolute atomic E-state index is 0.133. The number of hydrogen-bond donors (Lipinski definition) is 0. The second-order valence-electron chi connectivity index (χ2n) is 4.66. The van der Waals surface area contributed by atoms with Crippen LogP contribution in [-0.2, 0) is 0 Å². The van der Waals surface area contributed by atoms with Crippen molar-refractivity contribution in [3.05, 3.63) is 29.6 Å². The van der Waals surface area contributed by atoms with Gasteiger partial charge in [0.05, 0.1) is 6.61 Å². The predicted molar refractivity (Wildman–Crippen MR) is 63.9 cm³/mol. The molecule has 2 nitrogen and oxygen atoms in total. The Balaban J connectivity index is 1.98. The van der Waals surface area contributed by atoms with Crippen LogP contribution in [0.15, 0.2) is 18.2 Å². The molecule has 92 valence electrons. The molecular formula is C14H17FO2. The molecular weight excluding hydrogens is 219 g/mol. The van der Waals surface area contributed by atoms with Gasteiger partial charge in [0, 0.05) is 5.56 Å². The van der Waals surface area contributed by atoms with Crippen LogP contribution in [0.1, 0.15) is 43.0 Å². The number of Topliss-reactive ketones (excluding diaryl/α,β-unsaturated/α-hetero) is 1. The number of halogens is 1. The summed E-state index contributed by atoms with van der Waals surface area (Å²) in [5.41, 5.74) is 0.385. The Morgan fingerprint density at radius 3 is 2.71 bits per heavy atom. The Bertz CT molecular complexity index is 409. The monoisotopic (exact) mass is 236 g/mol.